The van der Waals surface area contributed by atoms with Gasteiger partial charge in [-0.15, -0.1) is 12.4 Å². The monoisotopic (exact) mass is 238 g/mol. The molecule has 1 aromatic heterocycles. The zero-order chi connectivity index (χ0) is 10.8. The molecule has 2 rings (SSSR count). The fraction of sp³-hybridized carbons (Fsp3) is 0.0909. The second-order valence-electron chi connectivity index (χ2n) is 3.31. The Morgan fingerprint density at radius 1 is 1.31 bits per heavy atom. The molecule has 1 aromatic carbocycles. The number of carboxylic acid groups (broad SMARTS) is 1. The number of halogens is 1. The highest BCUT2D eigenvalue weighted by Gasteiger charge is 2.06. The molecule has 0 saturated heterocycles. The van der Waals surface area contributed by atoms with Crippen LogP contribution in [-0.2, 0) is 0 Å². The normalized spacial score (nSPS) is 9.56. The Kier molecular flexibility index (Phi) is 3.68. The molecule has 1 heterocycles. The summed E-state index contributed by atoms with van der Waals surface area (Å²) >= 11 is 0. The molecule has 4 nitrogen and oxygen atoms in total. The SMILES string of the molecule is Cc1ccc(-n2cnc(C(=O)O)c2)cc1.Cl. The number of imidazole rings is 1. The van der Waals surface area contributed by atoms with Crippen molar-refractivity contribution < 1.29 is 9.90 Å². The topological polar surface area (TPSA) is 55.1 Å². The van der Waals surface area contributed by atoms with E-state index in [4.69, 9.17) is 5.11 Å². The number of rotatable bonds is 2. The molecule has 0 amide bonds. The van der Waals surface area contributed by atoms with Gasteiger partial charge in [-0.1, -0.05) is 17.7 Å². The van der Waals surface area contributed by atoms with Crippen molar-refractivity contribution in [2.75, 3.05) is 0 Å². The average Bonchev–Trinajstić information content (AvgIpc) is 2.68. The second kappa shape index (κ2) is 4.81. The molecule has 16 heavy (non-hydrogen) atoms. The number of benzene rings is 1. The van der Waals surface area contributed by atoms with Gasteiger partial charge in [0.25, 0.3) is 0 Å². The van der Waals surface area contributed by atoms with Gasteiger partial charge in [0.05, 0.1) is 0 Å². The van der Waals surface area contributed by atoms with Crippen molar-refractivity contribution >= 4 is 18.4 Å². The summed E-state index contributed by atoms with van der Waals surface area (Å²) in [5.41, 5.74) is 2.12. The highest BCUT2D eigenvalue weighted by atomic mass is 35.5. The van der Waals surface area contributed by atoms with E-state index in [1.165, 1.54) is 12.5 Å². The van der Waals surface area contributed by atoms with Crippen molar-refractivity contribution in [3.8, 4) is 5.69 Å². The summed E-state index contributed by atoms with van der Waals surface area (Å²) in [6, 6.07) is 7.77. The van der Waals surface area contributed by atoms with E-state index in [1.807, 2.05) is 31.2 Å². The summed E-state index contributed by atoms with van der Waals surface area (Å²) in [5.74, 6) is -1.01. The summed E-state index contributed by atoms with van der Waals surface area (Å²) < 4.78 is 1.68. The predicted octanol–water partition coefficient (Wildman–Crippen LogP) is 2.30. The van der Waals surface area contributed by atoms with Crippen LogP contribution >= 0.6 is 12.4 Å². The first-order valence-corrected chi connectivity index (χ1v) is 4.51. The van der Waals surface area contributed by atoms with Crippen molar-refractivity contribution in [3.63, 3.8) is 0 Å². The highest BCUT2D eigenvalue weighted by molar-refractivity contribution is 5.85. The van der Waals surface area contributed by atoms with Gasteiger partial charge in [0.1, 0.15) is 6.33 Å². The second-order valence-corrected chi connectivity index (χ2v) is 3.31. The van der Waals surface area contributed by atoms with Crippen molar-refractivity contribution in [2.45, 2.75) is 6.92 Å². The summed E-state index contributed by atoms with van der Waals surface area (Å²) in [4.78, 5) is 14.4. The molecule has 2 aromatic rings. The smallest absolute Gasteiger partial charge is 0.356 e. The van der Waals surface area contributed by atoms with E-state index in [1.54, 1.807) is 4.57 Å². The van der Waals surface area contributed by atoms with Gasteiger partial charge in [-0.25, -0.2) is 9.78 Å². The lowest BCUT2D eigenvalue weighted by Gasteiger charge is -2.01. The first-order valence-electron chi connectivity index (χ1n) is 4.51. The molecule has 84 valence electrons. The zero-order valence-electron chi connectivity index (χ0n) is 8.62. The summed E-state index contributed by atoms with van der Waals surface area (Å²) in [6.07, 6.45) is 2.99. The third-order valence-electron chi connectivity index (χ3n) is 2.13. The molecule has 0 saturated carbocycles. The van der Waals surface area contributed by atoms with E-state index in [-0.39, 0.29) is 18.1 Å². The maximum atomic E-state index is 10.6. The Morgan fingerprint density at radius 2 is 1.94 bits per heavy atom. The van der Waals surface area contributed by atoms with E-state index < -0.39 is 5.97 Å². The maximum absolute atomic E-state index is 10.6. The van der Waals surface area contributed by atoms with Gasteiger partial charge < -0.3 is 9.67 Å². The minimum atomic E-state index is -1.01. The van der Waals surface area contributed by atoms with Crippen LogP contribution in [-0.4, -0.2) is 20.6 Å². The largest absolute Gasteiger partial charge is 0.476 e. The van der Waals surface area contributed by atoms with E-state index in [9.17, 15) is 4.79 Å². The van der Waals surface area contributed by atoms with Crippen LogP contribution in [0.2, 0.25) is 0 Å². The Morgan fingerprint density at radius 3 is 2.44 bits per heavy atom. The fourth-order valence-corrected chi connectivity index (χ4v) is 1.29. The van der Waals surface area contributed by atoms with Crippen LogP contribution in [0.3, 0.4) is 0 Å². The molecule has 0 radical (unpaired) electrons. The predicted molar refractivity (Wildman–Crippen MR) is 62.5 cm³/mol. The summed E-state index contributed by atoms with van der Waals surface area (Å²) in [7, 11) is 0. The van der Waals surface area contributed by atoms with E-state index >= 15 is 0 Å². The molecular weight excluding hydrogens is 228 g/mol. The third kappa shape index (κ3) is 2.41. The molecule has 5 heteroatoms. The lowest BCUT2D eigenvalue weighted by molar-refractivity contribution is 0.0691. The van der Waals surface area contributed by atoms with Crippen LogP contribution in [0.1, 0.15) is 16.1 Å². The van der Waals surface area contributed by atoms with Crippen LogP contribution in [0.15, 0.2) is 36.8 Å². The Bertz CT molecular complexity index is 491. The molecule has 0 aliphatic rings. The van der Waals surface area contributed by atoms with Gasteiger partial charge in [0.15, 0.2) is 5.69 Å². The number of aromatic carboxylic acids is 1. The number of aryl methyl sites for hydroxylation is 1. The van der Waals surface area contributed by atoms with Gasteiger partial charge in [-0.3, -0.25) is 0 Å². The highest BCUT2D eigenvalue weighted by Crippen LogP contribution is 2.09. The number of aromatic nitrogens is 2. The molecular formula is C11H11ClN2O2. The van der Waals surface area contributed by atoms with Crippen molar-refractivity contribution in [2.24, 2.45) is 0 Å². The first kappa shape index (κ1) is 12.3. The Balaban J connectivity index is 0.00000128. The number of carbonyl (C=O) groups is 1. The van der Waals surface area contributed by atoms with E-state index in [0.717, 1.165) is 11.3 Å². The molecule has 0 spiro atoms. The van der Waals surface area contributed by atoms with Crippen LogP contribution in [0.4, 0.5) is 0 Å². The quantitative estimate of drug-likeness (QED) is 0.874. The number of hydrogen-bond acceptors (Lipinski definition) is 2. The number of carboxylic acids is 1. The van der Waals surface area contributed by atoms with Crippen LogP contribution < -0.4 is 0 Å². The zero-order valence-corrected chi connectivity index (χ0v) is 9.44. The molecule has 0 aliphatic heterocycles. The number of nitrogens with zero attached hydrogens (tertiary/aromatic N) is 2. The molecule has 0 atom stereocenters. The molecule has 0 aliphatic carbocycles. The number of hydrogen-bond donors (Lipinski definition) is 1. The minimum Gasteiger partial charge on any atom is -0.476 e. The van der Waals surface area contributed by atoms with Gasteiger partial charge in [-0.05, 0) is 19.1 Å². The maximum Gasteiger partial charge on any atom is 0.356 e. The van der Waals surface area contributed by atoms with Crippen LogP contribution in [0.5, 0.6) is 0 Å². The third-order valence-corrected chi connectivity index (χ3v) is 2.13. The van der Waals surface area contributed by atoms with Crippen LogP contribution in [0, 0.1) is 6.92 Å². The Hall–Kier alpha value is -1.81. The molecule has 0 unspecified atom stereocenters. The fourth-order valence-electron chi connectivity index (χ4n) is 1.29. The molecule has 1 N–H and O–H groups in total. The van der Waals surface area contributed by atoms with Gasteiger partial charge >= 0.3 is 5.97 Å². The minimum absolute atomic E-state index is 0. The summed E-state index contributed by atoms with van der Waals surface area (Å²) in [6.45, 7) is 2.00. The van der Waals surface area contributed by atoms with Crippen molar-refractivity contribution in [3.05, 3.63) is 48.0 Å². The van der Waals surface area contributed by atoms with Crippen LogP contribution in [0.25, 0.3) is 5.69 Å². The Labute approximate surface area is 99.0 Å². The summed E-state index contributed by atoms with van der Waals surface area (Å²) in [5, 5.41) is 8.71. The standard InChI is InChI=1S/C11H10N2O2.ClH/c1-8-2-4-9(5-3-8)13-6-10(11(14)15)12-7-13;/h2-7H,1H3,(H,14,15);1H. The molecule has 0 bridgehead atoms. The average molecular weight is 239 g/mol. The van der Waals surface area contributed by atoms with Crippen molar-refractivity contribution in [1.82, 2.24) is 9.55 Å². The van der Waals surface area contributed by atoms with Gasteiger partial charge in [0, 0.05) is 11.9 Å². The lowest BCUT2D eigenvalue weighted by Crippen LogP contribution is -1.95. The van der Waals surface area contributed by atoms with Gasteiger partial charge in [-0.2, -0.15) is 0 Å². The van der Waals surface area contributed by atoms with E-state index in [2.05, 4.69) is 4.98 Å². The first-order chi connectivity index (χ1) is 7.16. The van der Waals surface area contributed by atoms with Crippen molar-refractivity contribution in [1.29, 1.82) is 0 Å². The van der Waals surface area contributed by atoms with E-state index in [0.29, 0.717) is 0 Å². The van der Waals surface area contributed by atoms with Gasteiger partial charge in [0.2, 0.25) is 0 Å². The lowest BCUT2D eigenvalue weighted by atomic mass is 10.2. The molecule has 0 fully saturated rings.